The van der Waals surface area contributed by atoms with Gasteiger partial charge in [-0.3, -0.25) is 4.79 Å². The van der Waals surface area contributed by atoms with Gasteiger partial charge in [0.15, 0.2) is 5.76 Å². The topological polar surface area (TPSA) is 63.8 Å². The van der Waals surface area contributed by atoms with E-state index in [1.54, 1.807) is 12.3 Å². The molecule has 0 saturated carbocycles. The van der Waals surface area contributed by atoms with Gasteiger partial charge in [0, 0.05) is 9.86 Å². The number of amides is 1. The van der Waals surface area contributed by atoms with E-state index in [0.29, 0.717) is 5.58 Å². The van der Waals surface area contributed by atoms with Gasteiger partial charge < -0.3 is 9.15 Å². The summed E-state index contributed by atoms with van der Waals surface area (Å²) in [5.74, 6) is 0.579. The van der Waals surface area contributed by atoms with E-state index in [-0.39, 0.29) is 11.9 Å². The number of hydrogen-bond acceptors (Lipinski definition) is 4. The zero-order chi connectivity index (χ0) is 20.3. The standard InChI is InChI=1S/C20H17Br2IN2O3/c1-3-11(2)27-17-5-4-12(6-15(17)22)10-24-25-20(26)18-8-13-7-14(21)9-16(23)19(13)28-18/h4-11H,3H2,1-2H3,(H,25,26)/b24-10-/t11-/m1/s1. The van der Waals surface area contributed by atoms with E-state index in [1.807, 2.05) is 37.3 Å². The molecule has 0 unspecified atom stereocenters. The summed E-state index contributed by atoms with van der Waals surface area (Å²) in [7, 11) is 0. The highest BCUT2D eigenvalue weighted by Crippen LogP contribution is 2.29. The van der Waals surface area contributed by atoms with Crippen LogP contribution in [-0.2, 0) is 0 Å². The minimum absolute atomic E-state index is 0.141. The fraction of sp³-hybridized carbons (Fsp3) is 0.200. The number of nitrogens with one attached hydrogen (secondary N) is 1. The summed E-state index contributed by atoms with van der Waals surface area (Å²) in [6.45, 7) is 4.10. The van der Waals surface area contributed by atoms with Crippen LogP contribution in [0.5, 0.6) is 5.75 Å². The molecule has 3 rings (SSSR count). The highest BCUT2D eigenvalue weighted by atomic mass is 127. The summed E-state index contributed by atoms with van der Waals surface area (Å²) in [4.78, 5) is 12.3. The maximum Gasteiger partial charge on any atom is 0.307 e. The summed E-state index contributed by atoms with van der Waals surface area (Å²) in [6, 6.07) is 11.2. The van der Waals surface area contributed by atoms with E-state index >= 15 is 0 Å². The third kappa shape index (κ3) is 5.15. The van der Waals surface area contributed by atoms with Crippen molar-refractivity contribution in [3.8, 4) is 5.75 Å². The highest BCUT2D eigenvalue weighted by molar-refractivity contribution is 14.1. The molecule has 28 heavy (non-hydrogen) atoms. The number of furan rings is 1. The average molecular weight is 620 g/mol. The van der Waals surface area contributed by atoms with Crippen molar-refractivity contribution in [1.29, 1.82) is 0 Å². The molecule has 0 aliphatic rings. The van der Waals surface area contributed by atoms with Crippen molar-refractivity contribution in [3.05, 3.63) is 60.2 Å². The van der Waals surface area contributed by atoms with Crippen LogP contribution in [0.4, 0.5) is 0 Å². The lowest BCUT2D eigenvalue weighted by atomic mass is 10.2. The number of carbonyl (C=O) groups excluding carboxylic acids is 1. The Hall–Kier alpha value is -1.39. The highest BCUT2D eigenvalue weighted by Gasteiger charge is 2.14. The lowest BCUT2D eigenvalue weighted by molar-refractivity contribution is 0.0929. The summed E-state index contributed by atoms with van der Waals surface area (Å²) in [6.07, 6.45) is 2.64. The third-order valence-corrected chi connectivity index (χ3v) is 5.88. The Morgan fingerprint density at radius 3 is 2.82 bits per heavy atom. The van der Waals surface area contributed by atoms with Crippen LogP contribution in [-0.4, -0.2) is 18.2 Å². The third-order valence-electron chi connectivity index (χ3n) is 4.00. The molecule has 1 aromatic heterocycles. The first-order chi connectivity index (χ1) is 13.4. The molecule has 0 bridgehead atoms. The first-order valence-electron chi connectivity index (χ1n) is 8.55. The predicted molar refractivity (Wildman–Crippen MR) is 126 cm³/mol. The molecule has 0 aliphatic carbocycles. The van der Waals surface area contributed by atoms with Crippen molar-refractivity contribution >= 4 is 77.5 Å². The summed E-state index contributed by atoms with van der Waals surface area (Å²) >= 11 is 9.12. The van der Waals surface area contributed by atoms with Gasteiger partial charge in [-0.25, -0.2) is 5.43 Å². The zero-order valence-electron chi connectivity index (χ0n) is 15.1. The van der Waals surface area contributed by atoms with Crippen LogP contribution in [0.3, 0.4) is 0 Å². The lowest BCUT2D eigenvalue weighted by Gasteiger charge is -2.14. The lowest BCUT2D eigenvalue weighted by Crippen LogP contribution is -2.16. The second-order valence-corrected chi connectivity index (χ2v) is 9.07. The molecule has 146 valence electrons. The number of halogens is 3. The first kappa shape index (κ1) is 21.3. The molecule has 0 radical (unpaired) electrons. The number of ether oxygens (including phenoxy) is 1. The zero-order valence-corrected chi connectivity index (χ0v) is 20.5. The molecular formula is C20H17Br2IN2O3. The Labute approximate surface area is 193 Å². The second-order valence-electron chi connectivity index (χ2n) is 6.14. The maximum absolute atomic E-state index is 12.3. The Morgan fingerprint density at radius 1 is 1.32 bits per heavy atom. The van der Waals surface area contributed by atoms with E-state index in [2.05, 4.69) is 71.9 Å². The summed E-state index contributed by atoms with van der Waals surface area (Å²) < 4.78 is 14.2. The Kier molecular flexibility index (Phi) is 7.16. The van der Waals surface area contributed by atoms with Gasteiger partial charge in [-0.15, -0.1) is 0 Å². The molecule has 0 saturated heterocycles. The van der Waals surface area contributed by atoms with Crippen molar-refractivity contribution < 1.29 is 13.9 Å². The number of carbonyl (C=O) groups is 1. The van der Waals surface area contributed by atoms with Crippen molar-refractivity contribution in [2.75, 3.05) is 0 Å². The summed E-state index contributed by atoms with van der Waals surface area (Å²) in [5.41, 5.74) is 4.00. The molecular weight excluding hydrogens is 603 g/mol. The van der Waals surface area contributed by atoms with E-state index in [9.17, 15) is 4.79 Å². The number of nitrogens with zero attached hydrogens (tertiary/aromatic N) is 1. The first-order valence-corrected chi connectivity index (χ1v) is 11.2. The van der Waals surface area contributed by atoms with Crippen molar-refractivity contribution in [1.82, 2.24) is 5.43 Å². The molecule has 0 fully saturated rings. The second kappa shape index (κ2) is 9.41. The van der Waals surface area contributed by atoms with E-state index < -0.39 is 5.91 Å². The number of fused-ring (bicyclic) bond motifs is 1. The van der Waals surface area contributed by atoms with Crippen LogP contribution in [0.1, 0.15) is 36.4 Å². The quantitative estimate of drug-likeness (QED) is 0.195. The molecule has 8 heteroatoms. The van der Waals surface area contributed by atoms with Gasteiger partial charge in [0.2, 0.25) is 0 Å². The Bertz CT molecular complexity index is 1050. The van der Waals surface area contributed by atoms with Gasteiger partial charge in [0.05, 0.1) is 20.4 Å². The normalized spacial score (nSPS) is 12.5. The average Bonchev–Trinajstić information content (AvgIpc) is 3.08. The Balaban J connectivity index is 1.68. The SMILES string of the molecule is CC[C@@H](C)Oc1ccc(/C=N\NC(=O)c2cc3cc(Br)cc(I)c3o2)cc1Br. The molecule has 2 aromatic carbocycles. The maximum atomic E-state index is 12.3. The van der Waals surface area contributed by atoms with Crippen LogP contribution in [0.15, 0.2) is 54.9 Å². The van der Waals surface area contributed by atoms with Crippen LogP contribution < -0.4 is 10.2 Å². The van der Waals surface area contributed by atoms with Crippen molar-refractivity contribution in [2.24, 2.45) is 5.10 Å². The molecule has 1 amide bonds. The van der Waals surface area contributed by atoms with Gasteiger partial charge in [-0.05, 0) is 93.8 Å². The largest absolute Gasteiger partial charge is 0.490 e. The van der Waals surface area contributed by atoms with Gasteiger partial charge >= 0.3 is 5.91 Å². The monoisotopic (exact) mass is 618 g/mol. The molecule has 3 aromatic rings. The number of hydrazone groups is 1. The van der Waals surface area contributed by atoms with Gasteiger partial charge in [-0.1, -0.05) is 22.9 Å². The van der Waals surface area contributed by atoms with E-state index in [4.69, 9.17) is 9.15 Å². The van der Waals surface area contributed by atoms with Crippen LogP contribution >= 0.6 is 54.5 Å². The molecule has 1 N–H and O–H groups in total. The molecule has 0 spiro atoms. The van der Waals surface area contributed by atoms with E-state index in [0.717, 1.165) is 35.6 Å². The van der Waals surface area contributed by atoms with Gasteiger partial charge in [0.25, 0.3) is 0 Å². The Morgan fingerprint density at radius 2 is 2.11 bits per heavy atom. The predicted octanol–water partition coefficient (Wildman–Crippen LogP) is 6.50. The molecule has 0 aliphatic heterocycles. The minimum Gasteiger partial charge on any atom is -0.490 e. The fourth-order valence-corrected chi connectivity index (χ4v) is 4.55. The van der Waals surface area contributed by atoms with Crippen molar-refractivity contribution in [3.63, 3.8) is 0 Å². The minimum atomic E-state index is -0.407. The van der Waals surface area contributed by atoms with Crippen LogP contribution in [0.25, 0.3) is 11.0 Å². The fourth-order valence-electron chi connectivity index (χ4n) is 2.40. The molecule has 5 nitrogen and oxygen atoms in total. The van der Waals surface area contributed by atoms with E-state index in [1.165, 1.54) is 0 Å². The smallest absolute Gasteiger partial charge is 0.307 e. The van der Waals surface area contributed by atoms with Gasteiger partial charge in [-0.2, -0.15) is 5.10 Å². The van der Waals surface area contributed by atoms with Gasteiger partial charge in [0.1, 0.15) is 11.3 Å². The van der Waals surface area contributed by atoms with Crippen LogP contribution in [0, 0.1) is 3.57 Å². The number of benzene rings is 2. The molecule has 1 atom stereocenters. The summed E-state index contributed by atoms with van der Waals surface area (Å²) in [5, 5.41) is 4.87. The number of hydrogen-bond donors (Lipinski definition) is 1. The van der Waals surface area contributed by atoms with Crippen LogP contribution in [0.2, 0.25) is 0 Å². The number of rotatable bonds is 6. The van der Waals surface area contributed by atoms with Crippen molar-refractivity contribution in [2.45, 2.75) is 26.4 Å². The molecule has 1 heterocycles.